The first-order valence-corrected chi connectivity index (χ1v) is 8.20. The van der Waals surface area contributed by atoms with Crippen molar-refractivity contribution < 1.29 is 9.53 Å². The van der Waals surface area contributed by atoms with Gasteiger partial charge in [0.2, 0.25) is 0 Å². The fourth-order valence-corrected chi connectivity index (χ4v) is 3.33. The van der Waals surface area contributed by atoms with Gasteiger partial charge < -0.3 is 15.8 Å². The van der Waals surface area contributed by atoms with Crippen molar-refractivity contribution in [1.82, 2.24) is 0 Å². The summed E-state index contributed by atoms with van der Waals surface area (Å²) in [5.41, 5.74) is 8.02. The summed E-state index contributed by atoms with van der Waals surface area (Å²) >= 11 is 1.95. The predicted molar refractivity (Wildman–Crippen MR) is 85.4 cm³/mol. The molecule has 0 aromatic heterocycles. The van der Waals surface area contributed by atoms with Gasteiger partial charge in [-0.15, -0.1) is 0 Å². The number of thioether (sulfide) groups is 1. The molecular weight excluding hydrogens is 272 g/mol. The molecule has 0 aliphatic heterocycles. The van der Waals surface area contributed by atoms with Crippen molar-refractivity contribution in [2.24, 2.45) is 0 Å². The van der Waals surface area contributed by atoms with E-state index in [0.717, 1.165) is 23.8 Å². The first-order chi connectivity index (χ1) is 9.63. The first kappa shape index (κ1) is 15.0. The molecule has 1 fully saturated rings. The second kappa shape index (κ2) is 6.88. The lowest BCUT2D eigenvalue weighted by atomic mass is 9.94. The van der Waals surface area contributed by atoms with Gasteiger partial charge in [0.1, 0.15) is 0 Å². The van der Waals surface area contributed by atoms with Gasteiger partial charge in [-0.1, -0.05) is 0 Å². The molecule has 0 bridgehead atoms. The van der Waals surface area contributed by atoms with E-state index in [1.165, 1.54) is 20.0 Å². The fraction of sp³-hybridized carbons (Fsp3) is 0.533. The third kappa shape index (κ3) is 3.60. The maximum Gasteiger partial charge on any atom is 0.337 e. The van der Waals surface area contributed by atoms with Gasteiger partial charge >= 0.3 is 5.97 Å². The van der Waals surface area contributed by atoms with Crippen molar-refractivity contribution in [3.63, 3.8) is 0 Å². The molecule has 2 rings (SSSR count). The zero-order valence-electron chi connectivity index (χ0n) is 12.0. The second-order valence-corrected chi connectivity index (χ2v) is 6.29. The minimum Gasteiger partial charge on any atom is -0.465 e. The number of anilines is 2. The van der Waals surface area contributed by atoms with Crippen LogP contribution in [-0.2, 0) is 4.74 Å². The van der Waals surface area contributed by atoms with E-state index in [1.54, 1.807) is 18.2 Å². The van der Waals surface area contributed by atoms with E-state index in [0.29, 0.717) is 17.3 Å². The number of benzene rings is 1. The van der Waals surface area contributed by atoms with E-state index in [4.69, 9.17) is 10.5 Å². The smallest absolute Gasteiger partial charge is 0.337 e. The molecule has 1 aromatic rings. The number of esters is 1. The van der Waals surface area contributed by atoms with Crippen LogP contribution in [0.25, 0.3) is 0 Å². The molecule has 0 atom stereocenters. The Bertz CT molecular complexity index is 471. The van der Waals surface area contributed by atoms with E-state index in [2.05, 4.69) is 11.6 Å². The molecule has 20 heavy (non-hydrogen) atoms. The average Bonchev–Trinajstić information content (AvgIpc) is 2.49. The van der Waals surface area contributed by atoms with Crippen LogP contribution in [0.4, 0.5) is 11.4 Å². The number of rotatable bonds is 4. The molecule has 0 saturated heterocycles. The quantitative estimate of drug-likeness (QED) is 0.660. The Morgan fingerprint density at radius 3 is 2.65 bits per heavy atom. The monoisotopic (exact) mass is 294 g/mol. The van der Waals surface area contributed by atoms with Gasteiger partial charge in [0.25, 0.3) is 0 Å². The van der Waals surface area contributed by atoms with Gasteiger partial charge in [-0.2, -0.15) is 11.8 Å². The average molecular weight is 294 g/mol. The molecular formula is C15H22N2O2S. The van der Waals surface area contributed by atoms with E-state index in [9.17, 15) is 4.79 Å². The number of nitrogens with one attached hydrogen (secondary N) is 1. The largest absolute Gasteiger partial charge is 0.465 e. The van der Waals surface area contributed by atoms with Gasteiger partial charge in [0.15, 0.2) is 0 Å². The van der Waals surface area contributed by atoms with Crippen molar-refractivity contribution in [2.75, 3.05) is 24.4 Å². The Labute approximate surface area is 124 Å². The van der Waals surface area contributed by atoms with Crippen LogP contribution in [0, 0.1) is 0 Å². The lowest BCUT2D eigenvalue weighted by Crippen LogP contribution is -2.27. The summed E-state index contributed by atoms with van der Waals surface area (Å²) in [4.78, 5) is 11.6. The standard InChI is InChI=1S/C15H22N2O2S/c1-19-15(18)10-3-8-13(16)14(9-10)17-11-4-6-12(20-2)7-5-11/h3,8-9,11-12,17H,4-7,16H2,1-2H3. The van der Waals surface area contributed by atoms with E-state index in [-0.39, 0.29) is 5.97 Å². The van der Waals surface area contributed by atoms with Crippen molar-refractivity contribution in [2.45, 2.75) is 37.0 Å². The molecule has 110 valence electrons. The molecule has 3 N–H and O–H groups in total. The van der Waals surface area contributed by atoms with Crippen LogP contribution >= 0.6 is 11.8 Å². The van der Waals surface area contributed by atoms with Crippen LogP contribution in [0.2, 0.25) is 0 Å². The van der Waals surface area contributed by atoms with Crippen LogP contribution < -0.4 is 11.1 Å². The van der Waals surface area contributed by atoms with Gasteiger partial charge in [-0.05, 0) is 50.1 Å². The molecule has 0 amide bonds. The zero-order chi connectivity index (χ0) is 14.5. The van der Waals surface area contributed by atoms with Gasteiger partial charge in [-0.3, -0.25) is 0 Å². The highest BCUT2D eigenvalue weighted by atomic mass is 32.2. The van der Waals surface area contributed by atoms with Crippen molar-refractivity contribution >= 4 is 29.1 Å². The number of carbonyl (C=O) groups excluding carboxylic acids is 1. The number of methoxy groups -OCH3 is 1. The highest BCUT2D eigenvalue weighted by Crippen LogP contribution is 2.30. The summed E-state index contributed by atoms with van der Waals surface area (Å²) < 4.78 is 4.74. The molecule has 4 nitrogen and oxygen atoms in total. The number of nitrogens with two attached hydrogens (primary N) is 1. The van der Waals surface area contributed by atoms with Crippen molar-refractivity contribution in [3.05, 3.63) is 23.8 Å². The molecule has 1 aromatic carbocycles. The third-order valence-electron chi connectivity index (χ3n) is 3.84. The molecule has 0 unspecified atom stereocenters. The summed E-state index contributed by atoms with van der Waals surface area (Å²) in [5.74, 6) is -0.334. The highest BCUT2D eigenvalue weighted by Gasteiger charge is 2.21. The van der Waals surface area contributed by atoms with Crippen LogP contribution in [0.15, 0.2) is 18.2 Å². The molecule has 1 saturated carbocycles. The minimum absolute atomic E-state index is 0.334. The summed E-state index contributed by atoms with van der Waals surface area (Å²) in [6, 6.07) is 5.66. The first-order valence-electron chi connectivity index (χ1n) is 6.91. The normalized spacial score (nSPS) is 22.3. The van der Waals surface area contributed by atoms with Gasteiger partial charge in [0, 0.05) is 11.3 Å². The van der Waals surface area contributed by atoms with Gasteiger partial charge in [0.05, 0.1) is 24.0 Å². The summed E-state index contributed by atoms with van der Waals surface area (Å²) in [6.07, 6.45) is 6.93. The second-order valence-electron chi connectivity index (χ2n) is 5.15. The molecule has 1 aliphatic rings. The zero-order valence-corrected chi connectivity index (χ0v) is 12.8. The maximum atomic E-state index is 11.6. The highest BCUT2D eigenvalue weighted by molar-refractivity contribution is 7.99. The number of hydrogen-bond acceptors (Lipinski definition) is 5. The van der Waals surface area contributed by atoms with E-state index in [1.807, 2.05) is 11.8 Å². The van der Waals surface area contributed by atoms with Crippen molar-refractivity contribution in [1.29, 1.82) is 0 Å². The third-order valence-corrected chi connectivity index (χ3v) is 4.98. The number of hydrogen-bond donors (Lipinski definition) is 2. The Morgan fingerprint density at radius 2 is 2.05 bits per heavy atom. The molecule has 0 radical (unpaired) electrons. The van der Waals surface area contributed by atoms with Gasteiger partial charge in [-0.25, -0.2) is 4.79 Å². The van der Waals surface area contributed by atoms with Crippen LogP contribution in [-0.4, -0.2) is 30.6 Å². The summed E-state index contributed by atoms with van der Waals surface area (Å²) in [6.45, 7) is 0. The van der Waals surface area contributed by atoms with Crippen LogP contribution in [0.1, 0.15) is 36.0 Å². The number of ether oxygens (including phenoxy) is 1. The SMILES string of the molecule is COC(=O)c1ccc(N)c(NC2CCC(SC)CC2)c1. The molecule has 1 aliphatic carbocycles. The van der Waals surface area contributed by atoms with Crippen LogP contribution in [0.3, 0.4) is 0 Å². The van der Waals surface area contributed by atoms with Crippen molar-refractivity contribution in [3.8, 4) is 0 Å². The minimum atomic E-state index is -0.334. The number of nitrogen functional groups attached to an aromatic ring is 1. The number of carbonyl (C=O) groups is 1. The Morgan fingerprint density at radius 1 is 1.35 bits per heavy atom. The topological polar surface area (TPSA) is 64.3 Å². The Hall–Kier alpha value is -1.36. The molecule has 5 heteroatoms. The Kier molecular flexibility index (Phi) is 5.17. The summed E-state index contributed by atoms with van der Waals surface area (Å²) in [5, 5.41) is 4.26. The molecule has 0 spiro atoms. The lowest BCUT2D eigenvalue weighted by molar-refractivity contribution is 0.0601. The summed E-state index contributed by atoms with van der Waals surface area (Å²) in [7, 11) is 1.38. The Balaban J connectivity index is 2.03. The fourth-order valence-electron chi connectivity index (χ4n) is 2.59. The van der Waals surface area contributed by atoms with Crippen LogP contribution in [0.5, 0.6) is 0 Å². The van der Waals surface area contributed by atoms with E-state index < -0.39 is 0 Å². The predicted octanol–water partition coefficient (Wildman–Crippen LogP) is 3.14. The van der Waals surface area contributed by atoms with E-state index >= 15 is 0 Å². The molecule has 0 heterocycles. The maximum absolute atomic E-state index is 11.6. The lowest BCUT2D eigenvalue weighted by Gasteiger charge is -2.29.